The second-order valence-electron chi connectivity index (χ2n) is 5.44. The highest BCUT2D eigenvalue weighted by molar-refractivity contribution is 5.93. The number of nitrogens with one attached hydrogen (secondary N) is 2. The lowest BCUT2D eigenvalue weighted by atomic mass is 9.90. The van der Waals surface area contributed by atoms with Gasteiger partial charge in [-0.1, -0.05) is 25.7 Å². The first-order valence-corrected chi connectivity index (χ1v) is 7.27. The molecule has 0 saturated heterocycles. The summed E-state index contributed by atoms with van der Waals surface area (Å²) in [6, 6.07) is 3.29. The third-order valence-corrected chi connectivity index (χ3v) is 3.97. The molecule has 0 radical (unpaired) electrons. The molecule has 1 aliphatic rings. The van der Waals surface area contributed by atoms with E-state index >= 15 is 0 Å². The van der Waals surface area contributed by atoms with Crippen LogP contribution in [0, 0.1) is 0 Å². The first-order chi connectivity index (χ1) is 10.1. The Morgan fingerprint density at radius 2 is 1.90 bits per heavy atom. The molecule has 0 atom stereocenters. The van der Waals surface area contributed by atoms with Crippen LogP contribution in [0.2, 0.25) is 0 Å². The van der Waals surface area contributed by atoms with Crippen molar-refractivity contribution in [2.45, 2.75) is 44.1 Å². The quantitative estimate of drug-likeness (QED) is 0.738. The Morgan fingerprint density at radius 3 is 2.48 bits per heavy atom. The SMILES string of the molecule is CNC(=O)c1cc(NC2(C(=O)O)CCCCCC2)ccn1. The second kappa shape index (κ2) is 6.56. The van der Waals surface area contributed by atoms with E-state index in [1.54, 1.807) is 12.1 Å². The highest BCUT2D eigenvalue weighted by Gasteiger charge is 2.38. The van der Waals surface area contributed by atoms with Crippen LogP contribution in [-0.4, -0.2) is 34.6 Å². The zero-order chi connectivity index (χ0) is 15.3. The van der Waals surface area contributed by atoms with E-state index < -0.39 is 11.5 Å². The number of rotatable bonds is 4. The molecule has 0 aromatic carbocycles. The molecule has 1 amide bonds. The molecule has 1 aromatic rings. The molecule has 114 valence electrons. The Morgan fingerprint density at radius 1 is 1.24 bits per heavy atom. The van der Waals surface area contributed by atoms with Crippen LogP contribution in [0.25, 0.3) is 0 Å². The van der Waals surface area contributed by atoms with Crippen LogP contribution in [0.1, 0.15) is 49.0 Å². The van der Waals surface area contributed by atoms with Crippen LogP contribution in [-0.2, 0) is 4.79 Å². The number of hydrogen-bond donors (Lipinski definition) is 3. The van der Waals surface area contributed by atoms with Crippen molar-refractivity contribution in [3.63, 3.8) is 0 Å². The summed E-state index contributed by atoms with van der Waals surface area (Å²) >= 11 is 0. The molecular formula is C15H21N3O3. The molecule has 1 aromatic heterocycles. The molecule has 6 heteroatoms. The van der Waals surface area contributed by atoms with Crippen molar-refractivity contribution < 1.29 is 14.7 Å². The van der Waals surface area contributed by atoms with Crippen molar-refractivity contribution in [2.24, 2.45) is 0 Å². The van der Waals surface area contributed by atoms with Gasteiger partial charge in [-0.15, -0.1) is 0 Å². The first-order valence-electron chi connectivity index (χ1n) is 7.27. The van der Waals surface area contributed by atoms with Gasteiger partial charge in [0.25, 0.3) is 5.91 Å². The van der Waals surface area contributed by atoms with Gasteiger partial charge in [0, 0.05) is 18.9 Å². The lowest BCUT2D eigenvalue weighted by molar-refractivity contribution is -0.142. The molecule has 0 bridgehead atoms. The minimum Gasteiger partial charge on any atom is -0.480 e. The average Bonchev–Trinajstić information content (AvgIpc) is 2.73. The lowest BCUT2D eigenvalue weighted by Crippen LogP contribution is -2.46. The van der Waals surface area contributed by atoms with E-state index in [9.17, 15) is 14.7 Å². The number of amides is 1. The molecule has 1 saturated carbocycles. The third-order valence-electron chi connectivity index (χ3n) is 3.97. The molecule has 0 spiro atoms. The molecule has 1 fully saturated rings. The first kappa shape index (κ1) is 15.3. The van der Waals surface area contributed by atoms with Gasteiger partial charge in [-0.2, -0.15) is 0 Å². The number of aromatic nitrogens is 1. The van der Waals surface area contributed by atoms with Gasteiger partial charge in [-0.25, -0.2) is 4.79 Å². The largest absolute Gasteiger partial charge is 0.480 e. The molecule has 3 N–H and O–H groups in total. The number of carbonyl (C=O) groups is 2. The number of carboxylic acids is 1. The van der Waals surface area contributed by atoms with E-state index in [0.717, 1.165) is 25.7 Å². The Balaban J connectivity index is 2.24. The van der Waals surface area contributed by atoms with Crippen LogP contribution in [0.15, 0.2) is 18.3 Å². The smallest absolute Gasteiger partial charge is 0.329 e. The summed E-state index contributed by atoms with van der Waals surface area (Å²) < 4.78 is 0. The monoisotopic (exact) mass is 291 g/mol. The van der Waals surface area contributed by atoms with Crippen molar-refractivity contribution in [1.82, 2.24) is 10.3 Å². The standard InChI is InChI=1S/C15H21N3O3/c1-16-13(19)12-10-11(6-9-17-12)18-15(14(20)21)7-4-2-3-5-8-15/h6,9-10H,2-5,7-8H2,1H3,(H,16,19)(H,17,18)(H,20,21). The zero-order valence-corrected chi connectivity index (χ0v) is 12.2. The number of aliphatic carboxylic acids is 1. The van der Waals surface area contributed by atoms with E-state index in [4.69, 9.17) is 0 Å². The van der Waals surface area contributed by atoms with E-state index in [0.29, 0.717) is 18.5 Å². The van der Waals surface area contributed by atoms with Crippen LogP contribution >= 0.6 is 0 Å². The number of carboxylic acid groups (broad SMARTS) is 1. The maximum atomic E-state index is 11.8. The molecule has 1 aliphatic carbocycles. The minimum atomic E-state index is -0.947. The minimum absolute atomic E-state index is 0.275. The Bertz CT molecular complexity index is 523. The number of carbonyl (C=O) groups excluding carboxylic acids is 1. The van der Waals surface area contributed by atoms with Gasteiger partial charge in [-0.3, -0.25) is 9.78 Å². The van der Waals surface area contributed by atoms with E-state index in [1.807, 2.05) is 0 Å². The van der Waals surface area contributed by atoms with Crippen LogP contribution in [0.3, 0.4) is 0 Å². The molecule has 6 nitrogen and oxygen atoms in total. The van der Waals surface area contributed by atoms with Crippen LogP contribution in [0.4, 0.5) is 5.69 Å². The fourth-order valence-corrected chi connectivity index (χ4v) is 2.76. The maximum Gasteiger partial charge on any atom is 0.329 e. The van der Waals surface area contributed by atoms with Crippen molar-refractivity contribution in [3.8, 4) is 0 Å². The van der Waals surface area contributed by atoms with Crippen molar-refractivity contribution in [2.75, 3.05) is 12.4 Å². The second-order valence-corrected chi connectivity index (χ2v) is 5.44. The number of nitrogens with zero attached hydrogens (tertiary/aromatic N) is 1. The normalized spacial score (nSPS) is 17.6. The molecule has 21 heavy (non-hydrogen) atoms. The van der Waals surface area contributed by atoms with E-state index in [2.05, 4.69) is 15.6 Å². The average molecular weight is 291 g/mol. The predicted octanol–water partition coefficient (Wildman–Crippen LogP) is 2.03. The van der Waals surface area contributed by atoms with Gasteiger partial charge in [0.2, 0.25) is 0 Å². The Kier molecular flexibility index (Phi) is 4.77. The summed E-state index contributed by atoms with van der Waals surface area (Å²) in [7, 11) is 1.54. The summed E-state index contributed by atoms with van der Waals surface area (Å²) in [5.41, 5.74) is -0.0535. The summed E-state index contributed by atoms with van der Waals surface area (Å²) in [5.74, 6) is -1.12. The highest BCUT2D eigenvalue weighted by atomic mass is 16.4. The summed E-state index contributed by atoms with van der Waals surface area (Å²) in [6.07, 6.45) is 6.63. The predicted molar refractivity (Wildman–Crippen MR) is 79.3 cm³/mol. The molecule has 0 aliphatic heterocycles. The number of hydrogen-bond acceptors (Lipinski definition) is 4. The summed E-state index contributed by atoms with van der Waals surface area (Å²) in [4.78, 5) is 27.3. The molecular weight excluding hydrogens is 270 g/mol. The van der Waals surface area contributed by atoms with E-state index in [-0.39, 0.29) is 11.6 Å². The molecule has 2 rings (SSSR count). The van der Waals surface area contributed by atoms with Crippen molar-refractivity contribution >= 4 is 17.6 Å². The van der Waals surface area contributed by atoms with Gasteiger partial charge in [-0.05, 0) is 25.0 Å². The summed E-state index contributed by atoms with van der Waals surface area (Å²) in [5, 5.41) is 15.3. The number of pyridine rings is 1. The van der Waals surface area contributed by atoms with Crippen molar-refractivity contribution in [3.05, 3.63) is 24.0 Å². The fourth-order valence-electron chi connectivity index (χ4n) is 2.76. The van der Waals surface area contributed by atoms with Crippen LogP contribution < -0.4 is 10.6 Å². The Hall–Kier alpha value is -2.11. The van der Waals surface area contributed by atoms with Crippen LogP contribution in [0.5, 0.6) is 0 Å². The number of anilines is 1. The van der Waals surface area contributed by atoms with Crippen molar-refractivity contribution in [1.29, 1.82) is 0 Å². The topological polar surface area (TPSA) is 91.3 Å². The maximum absolute atomic E-state index is 11.8. The third kappa shape index (κ3) is 3.51. The molecule has 0 unspecified atom stereocenters. The highest BCUT2D eigenvalue weighted by Crippen LogP contribution is 2.31. The summed E-state index contributed by atoms with van der Waals surface area (Å²) in [6.45, 7) is 0. The van der Waals surface area contributed by atoms with Gasteiger partial charge in [0.15, 0.2) is 0 Å². The van der Waals surface area contributed by atoms with Gasteiger partial charge >= 0.3 is 5.97 Å². The van der Waals surface area contributed by atoms with E-state index in [1.165, 1.54) is 13.2 Å². The lowest BCUT2D eigenvalue weighted by Gasteiger charge is -2.30. The van der Waals surface area contributed by atoms with Gasteiger partial charge in [0.1, 0.15) is 11.2 Å². The zero-order valence-electron chi connectivity index (χ0n) is 12.2. The fraction of sp³-hybridized carbons (Fsp3) is 0.533. The molecule has 1 heterocycles. The van der Waals surface area contributed by atoms with Gasteiger partial charge < -0.3 is 15.7 Å². The Labute approximate surface area is 124 Å². The van der Waals surface area contributed by atoms with Gasteiger partial charge in [0.05, 0.1) is 0 Å².